The molecule has 1 aromatic carbocycles. The van der Waals surface area contributed by atoms with Gasteiger partial charge in [-0.15, -0.1) is 11.3 Å². The van der Waals surface area contributed by atoms with Gasteiger partial charge in [0, 0.05) is 33.6 Å². The Labute approximate surface area is 186 Å². The van der Waals surface area contributed by atoms with E-state index in [4.69, 9.17) is 46.9 Å². The molecule has 0 radical (unpaired) electrons. The third-order valence-electron chi connectivity index (χ3n) is 3.84. The molecule has 0 atom stereocenters. The van der Waals surface area contributed by atoms with Gasteiger partial charge in [0.25, 0.3) is 5.91 Å². The second kappa shape index (κ2) is 9.28. The minimum Gasteiger partial charge on any atom is -0.370 e. The van der Waals surface area contributed by atoms with Crippen LogP contribution in [0.15, 0.2) is 39.5 Å². The lowest BCUT2D eigenvalue weighted by Gasteiger charge is -2.13. The van der Waals surface area contributed by atoms with Crippen LogP contribution in [0.3, 0.4) is 0 Å². The number of carbonyl (C=O) groups is 1. The number of carbonyl (C=O) groups excluding carboxylic acids is 1. The van der Waals surface area contributed by atoms with E-state index in [1.807, 2.05) is 23.6 Å². The summed E-state index contributed by atoms with van der Waals surface area (Å²) in [6, 6.07) is 7.38. The summed E-state index contributed by atoms with van der Waals surface area (Å²) in [7, 11) is 0. The van der Waals surface area contributed by atoms with Crippen molar-refractivity contribution in [1.82, 2.24) is 4.90 Å². The molecule has 0 unspecified atom stereocenters. The topological polar surface area (TPSA) is 84.7 Å². The van der Waals surface area contributed by atoms with Crippen LogP contribution in [0.1, 0.15) is 11.3 Å². The maximum absolute atomic E-state index is 12.6. The number of aliphatic imine (C=N–C) groups is 1. The minimum absolute atomic E-state index is 0.0413. The van der Waals surface area contributed by atoms with Crippen molar-refractivity contribution in [3.05, 3.63) is 49.5 Å². The fourth-order valence-electron chi connectivity index (χ4n) is 2.55. The monoisotopic (exact) mass is 470 g/mol. The number of guanidine groups is 1. The van der Waals surface area contributed by atoms with Crippen molar-refractivity contribution in [2.24, 2.45) is 16.5 Å². The van der Waals surface area contributed by atoms with Crippen LogP contribution in [-0.2, 0) is 4.79 Å². The number of hydrogen-bond acceptors (Lipinski definition) is 5. The van der Waals surface area contributed by atoms with Gasteiger partial charge in [-0.3, -0.25) is 14.7 Å². The number of nitrogens with two attached hydrogens (primary N) is 2. The van der Waals surface area contributed by atoms with Crippen molar-refractivity contribution in [3.8, 4) is 11.1 Å². The van der Waals surface area contributed by atoms with Crippen LogP contribution in [0.25, 0.3) is 17.2 Å². The molecule has 5 nitrogen and oxygen atoms in total. The van der Waals surface area contributed by atoms with E-state index in [0.717, 1.165) is 16.0 Å². The Kier molecular flexibility index (Phi) is 7.00. The zero-order chi connectivity index (χ0) is 20.3. The van der Waals surface area contributed by atoms with Crippen molar-refractivity contribution in [1.29, 1.82) is 0 Å². The van der Waals surface area contributed by atoms with Crippen LogP contribution in [0.4, 0.5) is 0 Å². The van der Waals surface area contributed by atoms with Crippen LogP contribution < -0.4 is 11.5 Å². The van der Waals surface area contributed by atoms with Crippen molar-refractivity contribution >= 4 is 80.8 Å². The highest BCUT2D eigenvalue weighted by molar-refractivity contribution is 8.26. The third kappa shape index (κ3) is 5.07. The van der Waals surface area contributed by atoms with Crippen molar-refractivity contribution < 1.29 is 4.79 Å². The van der Waals surface area contributed by atoms with E-state index in [0.29, 0.717) is 38.8 Å². The molecule has 1 amide bonds. The van der Waals surface area contributed by atoms with Crippen LogP contribution in [0.5, 0.6) is 0 Å². The second-order valence-corrected chi connectivity index (χ2v) is 9.32. The number of halogens is 2. The van der Waals surface area contributed by atoms with E-state index in [1.165, 1.54) is 23.1 Å². The van der Waals surface area contributed by atoms with Crippen LogP contribution >= 0.6 is 58.5 Å². The molecule has 1 saturated heterocycles. The summed E-state index contributed by atoms with van der Waals surface area (Å²) >= 11 is 20.4. The highest BCUT2D eigenvalue weighted by Gasteiger charge is 2.31. The molecule has 0 spiro atoms. The Morgan fingerprint density at radius 3 is 2.79 bits per heavy atom. The summed E-state index contributed by atoms with van der Waals surface area (Å²) < 4.78 is 0.540. The van der Waals surface area contributed by atoms with Crippen LogP contribution in [-0.4, -0.2) is 34.2 Å². The number of nitrogens with zero attached hydrogens (tertiary/aromatic N) is 2. The molecule has 0 saturated carbocycles. The van der Waals surface area contributed by atoms with E-state index in [-0.39, 0.29) is 11.9 Å². The van der Waals surface area contributed by atoms with Gasteiger partial charge in [0.05, 0.1) is 4.91 Å². The van der Waals surface area contributed by atoms with Crippen molar-refractivity contribution in [3.63, 3.8) is 0 Å². The standard InChI is InChI=1S/C18H16Cl2N4OS3/c19-11-2-3-13(14(20)7-11)10-6-12(27-9-10)8-15-16(25)24(18(26)28-15)5-1-4-23-17(21)22/h2-3,6-9H,1,4-5H2,(H4,21,22,23). The first kappa shape index (κ1) is 21.1. The Hall–Kier alpha value is -1.58. The molecule has 28 heavy (non-hydrogen) atoms. The predicted octanol–water partition coefficient (Wildman–Crippen LogP) is 4.59. The highest BCUT2D eigenvalue weighted by Crippen LogP contribution is 2.37. The smallest absolute Gasteiger partial charge is 0.266 e. The Balaban J connectivity index is 1.72. The molecule has 146 valence electrons. The number of benzene rings is 1. The highest BCUT2D eigenvalue weighted by atomic mass is 35.5. The fraction of sp³-hybridized carbons (Fsp3) is 0.167. The molecule has 0 aliphatic carbocycles. The summed E-state index contributed by atoms with van der Waals surface area (Å²) in [5.41, 5.74) is 12.5. The summed E-state index contributed by atoms with van der Waals surface area (Å²) in [6.45, 7) is 0.934. The first-order valence-electron chi connectivity index (χ1n) is 8.20. The molecule has 1 aromatic heterocycles. The van der Waals surface area contributed by atoms with Gasteiger partial charge in [-0.2, -0.15) is 0 Å². The van der Waals surface area contributed by atoms with E-state index in [9.17, 15) is 4.79 Å². The molecule has 10 heteroatoms. The molecule has 1 aliphatic rings. The quantitative estimate of drug-likeness (QED) is 0.212. The molecule has 2 heterocycles. The summed E-state index contributed by atoms with van der Waals surface area (Å²) in [5.74, 6) is -0.0567. The van der Waals surface area contributed by atoms with Gasteiger partial charge in [-0.25, -0.2) is 0 Å². The molecular formula is C18H16Cl2N4OS3. The Morgan fingerprint density at radius 2 is 2.07 bits per heavy atom. The Morgan fingerprint density at radius 1 is 1.29 bits per heavy atom. The number of thioether (sulfide) groups is 1. The van der Waals surface area contributed by atoms with Crippen LogP contribution in [0.2, 0.25) is 10.0 Å². The molecule has 0 bridgehead atoms. The van der Waals surface area contributed by atoms with E-state index in [1.54, 1.807) is 17.0 Å². The van der Waals surface area contributed by atoms with Crippen molar-refractivity contribution in [2.45, 2.75) is 6.42 Å². The lowest BCUT2D eigenvalue weighted by molar-refractivity contribution is -0.122. The second-order valence-electron chi connectivity index (χ2n) is 5.86. The Bertz CT molecular complexity index is 983. The summed E-state index contributed by atoms with van der Waals surface area (Å²) in [5, 5.41) is 3.17. The SMILES string of the molecule is NC(N)=NCCCN1C(=O)C(=Cc2cc(-c3ccc(Cl)cc3Cl)cs2)SC1=S. The average Bonchev–Trinajstić information content (AvgIpc) is 3.18. The number of thiophene rings is 1. The molecule has 2 aromatic rings. The van der Waals surface area contributed by atoms with Gasteiger partial charge in [0.2, 0.25) is 0 Å². The molecule has 1 fully saturated rings. The van der Waals surface area contributed by atoms with E-state index >= 15 is 0 Å². The summed E-state index contributed by atoms with van der Waals surface area (Å²) in [6.07, 6.45) is 2.49. The maximum Gasteiger partial charge on any atom is 0.266 e. The number of amides is 1. The first-order chi connectivity index (χ1) is 13.3. The third-order valence-corrected chi connectivity index (χ3v) is 6.65. The zero-order valence-corrected chi connectivity index (χ0v) is 18.5. The molecular weight excluding hydrogens is 455 g/mol. The number of hydrogen-bond donors (Lipinski definition) is 2. The van der Waals surface area contributed by atoms with Gasteiger partial charge in [0.15, 0.2) is 5.96 Å². The number of thiocarbonyl (C=S) groups is 1. The van der Waals surface area contributed by atoms with Gasteiger partial charge < -0.3 is 11.5 Å². The lowest BCUT2D eigenvalue weighted by Crippen LogP contribution is -2.30. The van der Waals surface area contributed by atoms with Gasteiger partial charge >= 0.3 is 0 Å². The molecule has 3 rings (SSSR count). The van der Waals surface area contributed by atoms with Crippen molar-refractivity contribution in [2.75, 3.05) is 13.1 Å². The van der Waals surface area contributed by atoms with Gasteiger partial charge in [-0.1, -0.05) is 53.2 Å². The fourth-order valence-corrected chi connectivity index (χ4v) is 5.28. The summed E-state index contributed by atoms with van der Waals surface area (Å²) in [4.78, 5) is 19.7. The van der Waals surface area contributed by atoms with E-state index < -0.39 is 0 Å². The molecule has 1 aliphatic heterocycles. The maximum atomic E-state index is 12.6. The lowest BCUT2D eigenvalue weighted by atomic mass is 10.1. The average molecular weight is 471 g/mol. The molecule has 4 N–H and O–H groups in total. The first-order valence-corrected chi connectivity index (χ1v) is 11.1. The minimum atomic E-state index is -0.0980. The zero-order valence-electron chi connectivity index (χ0n) is 14.5. The number of rotatable bonds is 6. The van der Waals surface area contributed by atoms with Crippen LogP contribution in [0, 0.1) is 0 Å². The normalized spacial score (nSPS) is 15.5. The van der Waals surface area contributed by atoms with Gasteiger partial charge in [0.1, 0.15) is 4.32 Å². The largest absolute Gasteiger partial charge is 0.370 e. The van der Waals surface area contributed by atoms with Gasteiger partial charge in [-0.05, 0) is 41.6 Å². The predicted molar refractivity (Wildman–Crippen MR) is 125 cm³/mol. The van der Waals surface area contributed by atoms with E-state index in [2.05, 4.69) is 4.99 Å².